The molecule has 8 nitrogen and oxygen atoms in total. The van der Waals surface area contributed by atoms with Crippen molar-refractivity contribution >= 4 is 29.7 Å². The second-order valence-electron chi connectivity index (χ2n) is 8.39. The van der Waals surface area contributed by atoms with Crippen molar-refractivity contribution < 1.29 is 38.4 Å². The van der Waals surface area contributed by atoms with Crippen LogP contribution in [0.3, 0.4) is 0 Å². The molecule has 0 unspecified atom stereocenters. The number of carbonyl (C=O) groups excluding carboxylic acids is 3. The Labute approximate surface area is 224 Å². The third kappa shape index (κ3) is 6.61. The first-order chi connectivity index (χ1) is 18.5. The summed E-state index contributed by atoms with van der Waals surface area (Å²) in [7, 11) is 0. The van der Waals surface area contributed by atoms with Crippen LogP contribution < -0.4 is 0 Å². The number of aliphatic hydroxyl groups is 1. The van der Waals surface area contributed by atoms with Crippen molar-refractivity contribution in [2.24, 2.45) is 0 Å². The largest absolute Gasteiger partial charge is 0.452 e. The van der Waals surface area contributed by atoms with Crippen LogP contribution in [0.4, 0.5) is 0 Å². The Hall–Kier alpha value is -3.66. The number of hydrogen-bond acceptors (Lipinski definition) is 9. The topological polar surface area (TPSA) is 108 Å². The fourth-order valence-electron chi connectivity index (χ4n) is 4.02. The number of aliphatic hydroxyl groups excluding tert-OH is 1. The Morgan fingerprint density at radius 2 is 1.08 bits per heavy atom. The van der Waals surface area contributed by atoms with Gasteiger partial charge >= 0.3 is 17.9 Å². The molecule has 0 amide bonds. The van der Waals surface area contributed by atoms with Gasteiger partial charge in [0.1, 0.15) is 11.5 Å². The van der Waals surface area contributed by atoms with Gasteiger partial charge in [-0.15, -0.1) is 11.8 Å². The monoisotopic (exact) mass is 536 g/mol. The smallest absolute Gasteiger partial charge is 0.338 e. The number of ether oxygens (including phenoxy) is 4. The molecule has 9 heteroatoms. The predicted molar refractivity (Wildman–Crippen MR) is 141 cm³/mol. The van der Waals surface area contributed by atoms with Crippen LogP contribution in [0.1, 0.15) is 38.0 Å². The van der Waals surface area contributed by atoms with Gasteiger partial charge in [0.2, 0.25) is 0 Å². The van der Waals surface area contributed by atoms with Gasteiger partial charge in [-0.2, -0.15) is 0 Å². The molecule has 1 N–H and O–H groups in total. The predicted octanol–water partition coefficient (Wildman–Crippen LogP) is 4.13. The summed E-state index contributed by atoms with van der Waals surface area (Å²) in [5.74, 6) is -1.47. The molecule has 38 heavy (non-hydrogen) atoms. The molecule has 3 aromatic carbocycles. The van der Waals surface area contributed by atoms with Crippen LogP contribution in [0.5, 0.6) is 0 Å². The second-order valence-corrected chi connectivity index (χ2v) is 9.76. The summed E-state index contributed by atoms with van der Waals surface area (Å²) < 4.78 is 23.6. The molecule has 0 radical (unpaired) electrons. The maximum Gasteiger partial charge on any atom is 0.338 e. The molecule has 3 aromatic rings. The minimum Gasteiger partial charge on any atom is -0.452 e. The third-order valence-corrected chi connectivity index (χ3v) is 6.90. The number of thioether (sulfide) groups is 1. The zero-order chi connectivity index (χ0) is 26.9. The zero-order valence-electron chi connectivity index (χ0n) is 20.7. The maximum atomic E-state index is 13.2. The first-order valence-electron chi connectivity index (χ1n) is 12.2. The second kappa shape index (κ2) is 13.2. The molecule has 0 spiro atoms. The molecule has 0 aromatic heterocycles. The van der Waals surface area contributed by atoms with Crippen LogP contribution in [0.2, 0.25) is 0 Å². The number of benzene rings is 3. The van der Waals surface area contributed by atoms with E-state index in [1.807, 2.05) is 6.92 Å². The SMILES string of the molecule is CCS[C@H]1O[C@H](CO)[C@@H](OC(=O)c2ccccc2)[C@H](OC(=O)c2ccccc2)[C@H]1OC(=O)c1ccccc1. The van der Waals surface area contributed by atoms with E-state index in [1.54, 1.807) is 91.0 Å². The highest BCUT2D eigenvalue weighted by atomic mass is 32.2. The van der Waals surface area contributed by atoms with E-state index >= 15 is 0 Å². The minimum absolute atomic E-state index is 0.264. The standard InChI is InChI=1S/C29H28O8S/c1-2-38-29-25(37-28(33)21-16-10-5-11-17-21)24(36-27(32)20-14-8-4-9-15-20)23(22(18-30)34-29)35-26(31)19-12-6-3-7-13-19/h3-17,22-25,29-30H,2,18H2,1H3/t22-,23-,24+,25-,29-/m1/s1. The van der Waals surface area contributed by atoms with Gasteiger partial charge < -0.3 is 24.1 Å². The van der Waals surface area contributed by atoms with Crippen LogP contribution in [-0.4, -0.2) is 65.2 Å². The normalized spacial score (nSPS) is 22.7. The lowest BCUT2D eigenvalue weighted by molar-refractivity contribution is -0.207. The van der Waals surface area contributed by atoms with Gasteiger partial charge in [-0.25, -0.2) is 14.4 Å². The number of hydrogen-bond donors (Lipinski definition) is 1. The van der Waals surface area contributed by atoms with Crippen molar-refractivity contribution in [3.05, 3.63) is 108 Å². The lowest BCUT2D eigenvalue weighted by Gasteiger charge is -2.44. The lowest BCUT2D eigenvalue weighted by atomic mass is 9.98. The zero-order valence-corrected chi connectivity index (χ0v) is 21.5. The van der Waals surface area contributed by atoms with Crippen molar-refractivity contribution in [2.75, 3.05) is 12.4 Å². The molecule has 1 aliphatic heterocycles. The van der Waals surface area contributed by atoms with Crippen molar-refractivity contribution in [3.8, 4) is 0 Å². The molecule has 1 aliphatic rings. The molecule has 5 atom stereocenters. The van der Waals surface area contributed by atoms with Gasteiger partial charge in [0, 0.05) is 0 Å². The summed E-state index contributed by atoms with van der Waals surface area (Å²) in [6.45, 7) is 1.37. The molecular weight excluding hydrogens is 508 g/mol. The summed E-state index contributed by atoms with van der Waals surface area (Å²) in [6.07, 6.45) is -4.70. The van der Waals surface area contributed by atoms with Crippen LogP contribution >= 0.6 is 11.8 Å². The average Bonchev–Trinajstić information content (AvgIpc) is 2.97. The first kappa shape index (κ1) is 27.4. The highest BCUT2D eigenvalue weighted by Gasteiger charge is 2.52. The molecule has 0 bridgehead atoms. The molecule has 4 rings (SSSR count). The summed E-state index contributed by atoms with van der Waals surface area (Å²) in [4.78, 5) is 39.3. The van der Waals surface area contributed by atoms with E-state index in [1.165, 1.54) is 11.8 Å². The van der Waals surface area contributed by atoms with Gasteiger partial charge in [0.25, 0.3) is 0 Å². The maximum absolute atomic E-state index is 13.2. The molecule has 198 valence electrons. The molecule has 1 fully saturated rings. The van der Waals surface area contributed by atoms with Gasteiger partial charge in [-0.3, -0.25) is 0 Å². The summed E-state index contributed by atoms with van der Waals surface area (Å²) in [5.41, 5.74) is 0.0220. The Balaban J connectivity index is 1.70. The van der Waals surface area contributed by atoms with Crippen LogP contribution in [0.25, 0.3) is 0 Å². The van der Waals surface area contributed by atoms with Crippen molar-refractivity contribution in [2.45, 2.75) is 36.8 Å². The average molecular weight is 537 g/mol. The van der Waals surface area contributed by atoms with E-state index in [9.17, 15) is 19.5 Å². The quantitative estimate of drug-likeness (QED) is 0.319. The van der Waals surface area contributed by atoms with Gasteiger partial charge in [-0.05, 0) is 42.2 Å². The Kier molecular flexibility index (Phi) is 9.53. The highest BCUT2D eigenvalue weighted by Crippen LogP contribution is 2.35. The first-order valence-corrected chi connectivity index (χ1v) is 13.2. The molecule has 0 saturated carbocycles. The van der Waals surface area contributed by atoms with E-state index in [0.717, 1.165) is 0 Å². The lowest BCUT2D eigenvalue weighted by Crippen LogP contribution is -2.61. The van der Waals surface area contributed by atoms with Crippen LogP contribution in [0, 0.1) is 0 Å². The Morgan fingerprint density at radius 3 is 1.47 bits per heavy atom. The van der Waals surface area contributed by atoms with E-state index in [0.29, 0.717) is 11.3 Å². The Bertz CT molecular complexity index is 1210. The minimum atomic E-state index is -1.27. The fourth-order valence-corrected chi connectivity index (χ4v) is 4.97. The van der Waals surface area contributed by atoms with E-state index in [4.69, 9.17) is 18.9 Å². The van der Waals surface area contributed by atoms with E-state index in [-0.39, 0.29) is 11.1 Å². The Morgan fingerprint density at radius 1 is 0.684 bits per heavy atom. The van der Waals surface area contributed by atoms with Crippen molar-refractivity contribution in [1.82, 2.24) is 0 Å². The van der Waals surface area contributed by atoms with Gasteiger partial charge in [0.05, 0.1) is 23.3 Å². The molecule has 1 heterocycles. The van der Waals surface area contributed by atoms with Gasteiger partial charge in [-0.1, -0.05) is 61.5 Å². The van der Waals surface area contributed by atoms with Crippen molar-refractivity contribution in [1.29, 1.82) is 0 Å². The molecule has 0 aliphatic carbocycles. The van der Waals surface area contributed by atoms with E-state index in [2.05, 4.69) is 0 Å². The fraction of sp³-hybridized carbons (Fsp3) is 0.276. The summed E-state index contributed by atoms with van der Waals surface area (Å²) in [6, 6.07) is 24.9. The number of rotatable bonds is 9. The van der Waals surface area contributed by atoms with Crippen molar-refractivity contribution in [3.63, 3.8) is 0 Å². The summed E-state index contributed by atoms with van der Waals surface area (Å²) in [5, 5.41) is 10.2. The van der Waals surface area contributed by atoms with Crippen LogP contribution in [-0.2, 0) is 18.9 Å². The van der Waals surface area contributed by atoms with Gasteiger partial charge in [0.15, 0.2) is 18.3 Å². The molecular formula is C29H28O8S. The van der Waals surface area contributed by atoms with Crippen LogP contribution in [0.15, 0.2) is 91.0 Å². The summed E-state index contributed by atoms with van der Waals surface area (Å²) >= 11 is 1.32. The molecule has 1 saturated heterocycles. The number of carbonyl (C=O) groups is 3. The highest BCUT2D eigenvalue weighted by molar-refractivity contribution is 7.99. The third-order valence-electron chi connectivity index (χ3n) is 5.86. The van der Waals surface area contributed by atoms with E-state index < -0.39 is 54.4 Å². The number of esters is 3.